The van der Waals surface area contributed by atoms with Gasteiger partial charge in [0.15, 0.2) is 0 Å². The van der Waals surface area contributed by atoms with Crippen LogP contribution in [0.5, 0.6) is 0 Å². The maximum Gasteiger partial charge on any atom is 0.238 e. The molecule has 3 heteroatoms. The Morgan fingerprint density at radius 3 is 2.68 bits per heavy atom. The molecule has 1 aliphatic rings. The van der Waals surface area contributed by atoms with Gasteiger partial charge >= 0.3 is 0 Å². The summed E-state index contributed by atoms with van der Waals surface area (Å²) in [6.45, 7) is 9.00. The minimum Gasteiger partial charge on any atom is -0.325 e. The molecule has 1 aromatic rings. The first kappa shape index (κ1) is 14.1. The van der Waals surface area contributed by atoms with Crippen molar-refractivity contribution < 1.29 is 4.79 Å². The molecule has 1 fully saturated rings. The lowest BCUT2D eigenvalue weighted by atomic mass is 9.99. The van der Waals surface area contributed by atoms with Crippen molar-refractivity contribution in [2.75, 3.05) is 25.0 Å². The number of aryl methyl sites for hydroxylation is 1. The Bertz CT molecular complexity index is 448. The van der Waals surface area contributed by atoms with Gasteiger partial charge in [0.05, 0.1) is 6.54 Å². The highest BCUT2D eigenvalue weighted by Gasteiger charge is 2.18. The second-order valence-corrected chi connectivity index (χ2v) is 5.75. The number of likely N-dealkylation sites (tertiary alicyclic amines) is 1. The van der Waals surface area contributed by atoms with E-state index in [4.69, 9.17) is 0 Å². The van der Waals surface area contributed by atoms with E-state index in [1.54, 1.807) is 0 Å². The summed E-state index contributed by atoms with van der Waals surface area (Å²) in [6, 6.07) is 6.02. The molecule has 1 N–H and O–H groups in total. The topological polar surface area (TPSA) is 32.3 Å². The monoisotopic (exact) mass is 260 g/mol. The molecule has 0 bridgehead atoms. The van der Waals surface area contributed by atoms with Crippen LogP contribution in [0.4, 0.5) is 5.69 Å². The quantitative estimate of drug-likeness (QED) is 0.906. The molecule has 0 unspecified atom stereocenters. The summed E-state index contributed by atoms with van der Waals surface area (Å²) in [5.41, 5.74) is 3.31. The molecule has 2 rings (SSSR count). The largest absolute Gasteiger partial charge is 0.325 e. The Morgan fingerprint density at radius 1 is 1.32 bits per heavy atom. The van der Waals surface area contributed by atoms with Crippen molar-refractivity contribution in [1.29, 1.82) is 0 Å². The van der Waals surface area contributed by atoms with E-state index in [9.17, 15) is 4.79 Å². The van der Waals surface area contributed by atoms with Gasteiger partial charge in [0.2, 0.25) is 5.91 Å². The molecule has 1 aliphatic heterocycles. The molecule has 104 valence electrons. The van der Waals surface area contributed by atoms with Crippen LogP contribution in [-0.4, -0.2) is 30.4 Å². The van der Waals surface area contributed by atoms with Crippen LogP contribution in [0.15, 0.2) is 18.2 Å². The van der Waals surface area contributed by atoms with Gasteiger partial charge in [-0.2, -0.15) is 0 Å². The SMILES string of the molecule is Cc1cccc(NC(=O)CN2CCC(C)CC2)c1C. The molecule has 0 radical (unpaired) electrons. The van der Waals surface area contributed by atoms with Crippen molar-refractivity contribution in [2.45, 2.75) is 33.6 Å². The van der Waals surface area contributed by atoms with E-state index in [2.05, 4.69) is 30.1 Å². The second kappa shape index (κ2) is 6.20. The molecule has 1 amide bonds. The third kappa shape index (κ3) is 3.80. The standard InChI is InChI=1S/C16H24N2O/c1-12-7-9-18(10-8-12)11-16(19)17-15-6-4-5-13(2)14(15)3/h4-6,12H,7-11H2,1-3H3,(H,17,19). The number of carbonyl (C=O) groups excluding carboxylic acids is 1. The number of rotatable bonds is 3. The molecule has 1 aromatic carbocycles. The molecule has 19 heavy (non-hydrogen) atoms. The lowest BCUT2D eigenvalue weighted by Crippen LogP contribution is -2.38. The minimum absolute atomic E-state index is 0.100. The van der Waals surface area contributed by atoms with Crippen LogP contribution in [0, 0.1) is 19.8 Å². The summed E-state index contributed by atoms with van der Waals surface area (Å²) in [6.07, 6.45) is 2.41. The molecule has 1 saturated heterocycles. The normalized spacial score (nSPS) is 17.4. The molecular weight excluding hydrogens is 236 g/mol. The second-order valence-electron chi connectivity index (χ2n) is 5.75. The van der Waals surface area contributed by atoms with Crippen molar-refractivity contribution in [3.8, 4) is 0 Å². The van der Waals surface area contributed by atoms with Crippen LogP contribution in [-0.2, 0) is 4.79 Å². The van der Waals surface area contributed by atoms with Gasteiger partial charge in [0, 0.05) is 5.69 Å². The first-order chi connectivity index (χ1) is 9.06. The number of benzene rings is 1. The fraction of sp³-hybridized carbons (Fsp3) is 0.562. The number of anilines is 1. The lowest BCUT2D eigenvalue weighted by molar-refractivity contribution is -0.117. The molecule has 1 heterocycles. The predicted molar refractivity (Wildman–Crippen MR) is 79.4 cm³/mol. The number of carbonyl (C=O) groups is 1. The number of piperidine rings is 1. The van der Waals surface area contributed by atoms with E-state index in [-0.39, 0.29) is 5.91 Å². The van der Waals surface area contributed by atoms with Crippen LogP contribution in [0.25, 0.3) is 0 Å². The van der Waals surface area contributed by atoms with E-state index >= 15 is 0 Å². The summed E-state index contributed by atoms with van der Waals surface area (Å²) >= 11 is 0. The Balaban J connectivity index is 1.89. The Labute approximate surface area is 116 Å². The Kier molecular flexibility index (Phi) is 4.59. The van der Waals surface area contributed by atoms with Gasteiger partial charge < -0.3 is 5.32 Å². The number of nitrogens with zero attached hydrogens (tertiary/aromatic N) is 1. The first-order valence-corrected chi connectivity index (χ1v) is 7.14. The predicted octanol–water partition coefficient (Wildman–Crippen LogP) is 2.97. The molecule has 0 saturated carbocycles. The fourth-order valence-electron chi connectivity index (χ4n) is 2.50. The molecule has 0 aromatic heterocycles. The van der Waals surface area contributed by atoms with Gasteiger partial charge in [-0.25, -0.2) is 0 Å². The van der Waals surface area contributed by atoms with Gasteiger partial charge in [-0.3, -0.25) is 9.69 Å². The highest BCUT2D eigenvalue weighted by Crippen LogP contribution is 2.19. The summed E-state index contributed by atoms with van der Waals surface area (Å²) in [5.74, 6) is 0.904. The Hall–Kier alpha value is -1.35. The summed E-state index contributed by atoms with van der Waals surface area (Å²) in [5, 5.41) is 3.03. The smallest absolute Gasteiger partial charge is 0.238 e. The van der Waals surface area contributed by atoms with Crippen molar-refractivity contribution in [2.24, 2.45) is 5.92 Å². The highest BCUT2D eigenvalue weighted by molar-refractivity contribution is 5.93. The van der Waals surface area contributed by atoms with E-state index in [1.165, 1.54) is 18.4 Å². The summed E-state index contributed by atoms with van der Waals surface area (Å²) in [4.78, 5) is 14.3. The maximum atomic E-state index is 12.1. The summed E-state index contributed by atoms with van der Waals surface area (Å²) in [7, 11) is 0. The molecule has 0 atom stereocenters. The minimum atomic E-state index is 0.100. The van der Waals surface area contributed by atoms with Crippen LogP contribution in [0.3, 0.4) is 0 Å². The lowest BCUT2D eigenvalue weighted by Gasteiger charge is -2.29. The highest BCUT2D eigenvalue weighted by atomic mass is 16.2. The van der Waals surface area contributed by atoms with Gasteiger partial charge in [-0.05, 0) is 62.9 Å². The zero-order valence-corrected chi connectivity index (χ0v) is 12.2. The van der Waals surface area contributed by atoms with Crippen molar-refractivity contribution in [1.82, 2.24) is 4.90 Å². The van der Waals surface area contributed by atoms with Crippen LogP contribution in [0.1, 0.15) is 30.9 Å². The molecule has 3 nitrogen and oxygen atoms in total. The van der Waals surface area contributed by atoms with Gasteiger partial charge in [0.1, 0.15) is 0 Å². The van der Waals surface area contributed by atoms with Crippen molar-refractivity contribution in [3.05, 3.63) is 29.3 Å². The van der Waals surface area contributed by atoms with Crippen molar-refractivity contribution in [3.63, 3.8) is 0 Å². The van der Waals surface area contributed by atoms with Gasteiger partial charge in [0.25, 0.3) is 0 Å². The van der Waals surface area contributed by atoms with E-state index in [1.807, 2.05) is 19.1 Å². The van der Waals surface area contributed by atoms with E-state index in [0.717, 1.165) is 30.3 Å². The fourth-order valence-corrected chi connectivity index (χ4v) is 2.50. The van der Waals surface area contributed by atoms with E-state index < -0.39 is 0 Å². The van der Waals surface area contributed by atoms with Crippen LogP contribution in [0.2, 0.25) is 0 Å². The van der Waals surface area contributed by atoms with Crippen LogP contribution >= 0.6 is 0 Å². The first-order valence-electron chi connectivity index (χ1n) is 7.14. The number of amides is 1. The van der Waals surface area contributed by atoms with Crippen LogP contribution < -0.4 is 5.32 Å². The maximum absolute atomic E-state index is 12.1. The molecule has 0 spiro atoms. The number of hydrogen-bond acceptors (Lipinski definition) is 2. The Morgan fingerprint density at radius 2 is 2.00 bits per heavy atom. The molecule has 0 aliphatic carbocycles. The van der Waals surface area contributed by atoms with E-state index in [0.29, 0.717) is 6.54 Å². The van der Waals surface area contributed by atoms with Gasteiger partial charge in [-0.1, -0.05) is 19.1 Å². The molecular formula is C16H24N2O. The average molecular weight is 260 g/mol. The zero-order valence-electron chi connectivity index (χ0n) is 12.2. The third-order valence-electron chi connectivity index (χ3n) is 4.12. The number of hydrogen-bond donors (Lipinski definition) is 1. The van der Waals surface area contributed by atoms with Gasteiger partial charge in [-0.15, -0.1) is 0 Å². The van der Waals surface area contributed by atoms with Crippen molar-refractivity contribution >= 4 is 11.6 Å². The zero-order chi connectivity index (χ0) is 13.8. The average Bonchev–Trinajstić information content (AvgIpc) is 2.38. The summed E-state index contributed by atoms with van der Waals surface area (Å²) < 4.78 is 0. The third-order valence-corrected chi connectivity index (χ3v) is 4.12. The number of nitrogens with one attached hydrogen (secondary N) is 1.